The molecule has 2 saturated heterocycles. The summed E-state index contributed by atoms with van der Waals surface area (Å²) in [5.74, 6) is 0.645. The van der Waals surface area contributed by atoms with Gasteiger partial charge in [-0.05, 0) is 34.1 Å². The Morgan fingerprint density at radius 1 is 1.19 bits per heavy atom. The van der Waals surface area contributed by atoms with Gasteiger partial charge in [-0.3, -0.25) is 0 Å². The van der Waals surface area contributed by atoms with Gasteiger partial charge in [-0.25, -0.2) is 9.97 Å². The molecule has 0 saturated carbocycles. The van der Waals surface area contributed by atoms with E-state index in [-0.39, 0.29) is 17.3 Å². The van der Waals surface area contributed by atoms with Gasteiger partial charge in [0.25, 0.3) is 0 Å². The van der Waals surface area contributed by atoms with Crippen LogP contribution >= 0.6 is 0 Å². The zero-order chi connectivity index (χ0) is 15.3. The lowest BCUT2D eigenvalue weighted by Gasteiger charge is -2.32. The van der Waals surface area contributed by atoms with Crippen LogP contribution in [-0.2, 0) is 9.31 Å². The Hall–Kier alpha value is -1.18. The van der Waals surface area contributed by atoms with Gasteiger partial charge in [0, 0.05) is 30.9 Å². The van der Waals surface area contributed by atoms with Crippen molar-refractivity contribution in [3.63, 3.8) is 0 Å². The van der Waals surface area contributed by atoms with Crippen LogP contribution < -0.4 is 10.4 Å². The van der Waals surface area contributed by atoms with E-state index in [9.17, 15) is 5.11 Å². The van der Waals surface area contributed by atoms with Crippen LogP contribution in [0.1, 0.15) is 34.1 Å². The van der Waals surface area contributed by atoms with Crippen LogP contribution in [0, 0.1) is 0 Å². The maximum absolute atomic E-state index is 9.57. The molecule has 1 aromatic heterocycles. The summed E-state index contributed by atoms with van der Waals surface area (Å²) in [5.41, 5.74) is 0.0855. The zero-order valence-corrected chi connectivity index (χ0v) is 13.0. The zero-order valence-electron chi connectivity index (χ0n) is 13.0. The van der Waals surface area contributed by atoms with Crippen molar-refractivity contribution in [3.8, 4) is 0 Å². The summed E-state index contributed by atoms with van der Waals surface area (Å²) in [5, 5.41) is 9.57. The standard InChI is InChI=1S/C14H22BN3O3/c1-13(2)14(3,4)21-15(20-13)10-7-16-12(17-8-10)18-6-5-11(19)9-18/h7-8,11,19H,5-6,9H2,1-4H3/t11-/m0/s1. The molecule has 0 amide bonds. The van der Waals surface area contributed by atoms with Gasteiger partial charge in [0.2, 0.25) is 5.95 Å². The average molecular weight is 291 g/mol. The minimum atomic E-state index is -0.437. The number of aromatic nitrogens is 2. The van der Waals surface area contributed by atoms with E-state index >= 15 is 0 Å². The van der Waals surface area contributed by atoms with Crippen molar-refractivity contribution in [1.82, 2.24) is 9.97 Å². The van der Waals surface area contributed by atoms with Gasteiger partial charge >= 0.3 is 7.12 Å². The molecule has 7 heteroatoms. The van der Waals surface area contributed by atoms with Crippen LogP contribution in [-0.4, -0.2) is 52.6 Å². The lowest BCUT2D eigenvalue weighted by atomic mass is 9.81. The fourth-order valence-corrected chi connectivity index (χ4v) is 2.52. The Balaban J connectivity index is 1.74. The van der Waals surface area contributed by atoms with E-state index < -0.39 is 7.12 Å². The van der Waals surface area contributed by atoms with E-state index in [1.54, 1.807) is 12.4 Å². The molecule has 114 valence electrons. The number of aliphatic hydroxyl groups excluding tert-OH is 1. The molecule has 3 rings (SSSR count). The van der Waals surface area contributed by atoms with Crippen molar-refractivity contribution in [1.29, 1.82) is 0 Å². The first-order valence-electron chi connectivity index (χ1n) is 7.39. The Morgan fingerprint density at radius 3 is 2.24 bits per heavy atom. The molecule has 1 N–H and O–H groups in total. The largest absolute Gasteiger partial charge is 0.498 e. The topological polar surface area (TPSA) is 67.7 Å². The second kappa shape index (κ2) is 4.93. The highest BCUT2D eigenvalue weighted by Gasteiger charge is 2.52. The van der Waals surface area contributed by atoms with E-state index in [0.29, 0.717) is 12.5 Å². The maximum Gasteiger partial charge on any atom is 0.498 e. The molecule has 21 heavy (non-hydrogen) atoms. The number of hydrogen-bond acceptors (Lipinski definition) is 6. The molecule has 2 aliphatic rings. The highest BCUT2D eigenvalue weighted by atomic mass is 16.7. The SMILES string of the molecule is CC1(C)OB(c2cnc(N3CC[C@H](O)C3)nc2)OC1(C)C. The highest BCUT2D eigenvalue weighted by molar-refractivity contribution is 6.61. The molecular weight excluding hydrogens is 269 g/mol. The summed E-state index contributed by atoms with van der Waals surface area (Å²) >= 11 is 0. The van der Waals surface area contributed by atoms with E-state index in [1.807, 2.05) is 32.6 Å². The molecule has 0 aromatic carbocycles. The van der Waals surface area contributed by atoms with Crippen molar-refractivity contribution < 1.29 is 14.4 Å². The van der Waals surface area contributed by atoms with Crippen molar-refractivity contribution in [2.24, 2.45) is 0 Å². The third-order valence-corrected chi connectivity index (χ3v) is 4.63. The van der Waals surface area contributed by atoms with Crippen LogP contribution in [0.3, 0.4) is 0 Å². The van der Waals surface area contributed by atoms with E-state index in [4.69, 9.17) is 9.31 Å². The monoisotopic (exact) mass is 291 g/mol. The summed E-state index contributed by atoms with van der Waals surface area (Å²) in [6.07, 6.45) is 3.98. The summed E-state index contributed by atoms with van der Waals surface area (Å²) in [4.78, 5) is 10.7. The molecule has 0 aliphatic carbocycles. The maximum atomic E-state index is 9.57. The van der Waals surface area contributed by atoms with Crippen molar-refractivity contribution in [2.45, 2.75) is 51.4 Å². The molecule has 0 radical (unpaired) electrons. The van der Waals surface area contributed by atoms with Crippen molar-refractivity contribution in [3.05, 3.63) is 12.4 Å². The van der Waals surface area contributed by atoms with Gasteiger partial charge in [0.05, 0.1) is 17.3 Å². The Morgan fingerprint density at radius 2 is 1.76 bits per heavy atom. The fraction of sp³-hybridized carbons (Fsp3) is 0.714. The second-order valence-corrected chi connectivity index (χ2v) is 6.79. The summed E-state index contributed by atoms with van der Waals surface area (Å²) < 4.78 is 12.0. The predicted molar refractivity (Wildman–Crippen MR) is 80.6 cm³/mol. The van der Waals surface area contributed by atoms with Gasteiger partial charge in [0.15, 0.2) is 0 Å². The molecule has 0 unspecified atom stereocenters. The normalized spacial score (nSPS) is 27.4. The molecule has 2 aliphatic heterocycles. The van der Waals surface area contributed by atoms with Crippen LogP contribution in [0.4, 0.5) is 5.95 Å². The minimum Gasteiger partial charge on any atom is -0.399 e. The first-order valence-corrected chi connectivity index (χ1v) is 7.39. The minimum absolute atomic E-state index is 0.281. The van der Waals surface area contributed by atoms with Gasteiger partial charge < -0.3 is 19.3 Å². The molecular formula is C14H22BN3O3. The van der Waals surface area contributed by atoms with Crippen LogP contribution in [0.5, 0.6) is 0 Å². The quantitative estimate of drug-likeness (QED) is 0.793. The third kappa shape index (κ3) is 2.65. The number of anilines is 1. The summed E-state index contributed by atoms with van der Waals surface area (Å²) in [7, 11) is -0.437. The Kier molecular flexibility index (Phi) is 3.46. The lowest BCUT2D eigenvalue weighted by Crippen LogP contribution is -2.41. The molecule has 3 heterocycles. The highest BCUT2D eigenvalue weighted by Crippen LogP contribution is 2.36. The van der Waals surface area contributed by atoms with Crippen molar-refractivity contribution in [2.75, 3.05) is 18.0 Å². The first kappa shape index (κ1) is 14.7. The number of nitrogens with zero attached hydrogens (tertiary/aromatic N) is 3. The van der Waals surface area contributed by atoms with Crippen LogP contribution in [0.25, 0.3) is 0 Å². The number of aliphatic hydroxyl groups is 1. The molecule has 0 bridgehead atoms. The second-order valence-electron chi connectivity index (χ2n) is 6.79. The number of rotatable bonds is 2. The average Bonchev–Trinajstić information content (AvgIpc) is 2.92. The third-order valence-electron chi connectivity index (χ3n) is 4.63. The van der Waals surface area contributed by atoms with Gasteiger partial charge in [-0.1, -0.05) is 0 Å². The molecule has 1 aromatic rings. The van der Waals surface area contributed by atoms with E-state index in [0.717, 1.165) is 18.4 Å². The number of hydrogen-bond donors (Lipinski definition) is 1. The van der Waals surface area contributed by atoms with Gasteiger partial charge in [-0.2, -0.15) is 0 Å². The predicted octanol–water partition coefficient (Wildman–Crippen LogP) is 0.347. The lowest BCUT2D eigenvalue weighted by molar-refractivity contribution is 0.00578. The van der Waals surface area contributed by atoms with Crippen molar-refractivity contribution >= 4 is 18.5 Å². The summed E-state index contributed by atoms with van der Waals surface area (Å²) in [6.45, 7) is 9.47. The molecule has 1 atom stereocenters. The summed E-state index contributed by atoms with van der Waals surface area (Å²) in [6, 6.07) is 0. The molecule has 2 fully saturated rings. The Bertz CT molecular complexity index is 505. The van der Waals surface area contributed by atoms with Gasteiger partial charge in [0.1, 0.15) is 0 Å². The van der Waals surface area contributed by atoms with E-state index in [1.165, 1.54) is 0 Å². The molecule has 6 nitrogen and oxygen atoms in total. The Labute approximate surface area is 125 Å². The van der Waals surface area contributed by atoms with Crippen LogP contribution in [0.2, 0.25) is 0 Å². The smallest absolute Gasteiger partial charge is 0.399 e. The van der Waals surface area contributed by atoms with E-state index in [2.05, 4.69) is 9.97 Å². The molecule has 0 spiro atoms. The fourth-order valence-electron chi connectivity index (χ4n) is 2.52. The number of β-amino-alcohol motifs (C(OH)–C–C–N with tert-alkyl or cyclic N) is 1. The van der Waals surface area contributed by atoms with Gasteiger partial charge in [-0.15, -0.1) is 0 Å². The first-order chi connectivity index (χ1) is 9.78. The van der Waals surface area contributed by atoms with Crippen LogP contribution in [0.15, 0.2) is 12.4 Å².